The van der Waals surface area contributed by atoms with Gasteiger partial charge in [-0.25, -0.2) is 8.42 Å². The molecule has 1 aliphatic heterocycles. The minimum Gasteiger partial charge on any atom is -0.346 e. The molecule has 0 radical (unpaired) electrons. The highest BCUT2D eigenvalue weighted by Crippen LogP contribution is 2.31. The van der Waals surface area contributed by atoms with E-state index in [2.05, 4.69) is 10.0 Å². The maximum Gasteiger partial charge on any atom is 0.246 e. The number of hydrogen-bond acceptors (Lipinski definition) is 4. The van der Waals surface area contributed by atoms with Gasteiger partial charge in [0.2, 0.25) is 10.0 Å². The van der Waals surface area contributed by atoms with Crippen molar-refractivity contribution in [1.29, 1.82) is 0 Å². The highest BCUT2D eigenvalue weighted by Gasteiger charge is 2.31. The van der Waals surface area contributed by atoms with E-state index in [-0.39, 0.29) is 4.90 Å². The third-order valence-corrected chi connectivity index (χ3v) is 4.65. The van der Waals surface area contributed by atoms with E-state index in [4.69, 9.17) is 16.3 Å². The van der Waals surface area contributed by atoms with Crippen molar-refractivity contribution in [1.82, 2.24) is 4.72 Å². The van der Waals surface area contributed by atoms with Crippen LogP contribution < -0.4 is 10.0 Å². The predicted octanol–water partition coefficient (Wildman–Crippen LogP) is 1.75. The van der Waals surface area contributed by atoms with Crippen LogP contribution in [0.2, 0.25) is 5.02 Å². The van der Waals surface area contributed by atoms with E-state index in [0.29, 0.717) is 23.2 Å². The third kappa shape index (κ3) is 2.47. The molecule has 0 spiro atoms. The van der Waals surface area contributed by atoms with Crippen LogP contribution in [0, 0.1) is 5.92 Å². The Labute approximate surface area is 111 Å². The summed E-state index contributed by atoms with van der Waals surface area (Å²) in [4.78, 5) is 0.154. The first-order valence-electron chi connectivity index (χ1n) is 5.75. The topological polar surface area (TPSA) is 67.4 Å². The summed E-state index contributed by atoms with van der Waals surface area (Å²) in [5, 5.41) is 3.38. The lowest BCUT2D eigenvalue weighted by molar-refractivity contribution is 0.0560. The molecule has 0 amide bonds. The van der Waals surface area contributed by atoms with Crippen LogP contribution in [0.4, 0.5) is 5.69 Å². The molecule has 1 heterocycles. The Kier molecular flexibility index (Phi) is 2.97. The van der Waals surface area contributed by atoms with Crippen LogP contribution in [0.5, 0.6) is 0 Å². The highest BCUT2D eigenvalue weighted by molar-refractivity contribution is 7.89. The zero-order valence-electron chi connectivity index (χ0n) is 9.52. The maximum atomic E-state index is 12.0. The van der Waals surface area contributed by atoms with E-state index in [0.717, 1.165) is 12.8 Å². The first-order chi connectivity index (χ1) is 8.54. The minimum absolute atomic E-state index is 0.154. The minimum atomic E-state index is -3.56. The molecule has 3 rings (SSSR count). The molecule has 0 aromatic heterocycles. The molecule has 1 aliphatic carbocycles. The summed E-state index contributed by atoms with van der Waals surface area (Å²) in [5.41, 5.74) is 0.513. The van der Waals surface area contributed by atoms with Crippen molar-refractivity contribution in [2.45, 2.75) is 24.1 Å². The molecule has 1 unspecified atom stereocenters. The lowest BCUT2D eigenvalue weighted by atomic mass is 10.3. The van der Waals surface area contributed by atoms with Gasteiger partial charge in [-0.05, 0) is 37.0 Å². The van der Waals surface area contributed by atoms with Crippen LogP contribution in [-0.2, 0) is 14.8 Å². The molecule has 18 heavy (non-hydrogen) atoms. The smallest absolute Gasteiger partial charge is 0.246 e. The van der Waals surface area contributed by atoms with E-state index < -0.39 is 16.4 Å². The third-order valence-electron chi connectivity index (χ3n) is 2.98. The number of hydrogen-bond donors (Lipinski definition) is 2. The van der Waals surface area contributed by atoms with E-state index in [1.165, 1.54) is 6.07 Å². The van der Waals surface area contributed by atoms with Gasteiger partial charge in [-0.1, -0.05) is 11.6 Å². The first kappa shape index (κ1) is 12.2. The number of anilines is 1. The zero-order valence-corrected chi connectivity index (χ0v) is 11.1. The summed E-state index contributed by atoms with van der Waals surface area (Å²) in [6, 6.07) is 4.71. The predicted molar refractivity (Wildman–Crippen MR) is 67.9 cm³/mol. The van der Waals surface area contributed by atoms with Gasteiger partial charge in [0, 0.05) is 5.02 Å². The molecular formula is C11H13ClN2O3S. The molecule has 0 bridgehead atoms. The van der Waals surface area contributed by atoms with Crippen LogP contribution in [0.25, 0.3) is 0 Å². The van der Waals surface area contributed by atoms with Crippen molar-refractivity contribution in [2.75, 3.05) is 11.9 Å². The maximum absolute atomic E-state index is 12.0. The van der Waals surface area contributed by atoms with Gasteiger partial charge < -0.3 is 10.1 Å². The van der Waals surface area contributed by atoms with Gasteiger partial charge in [0.1, 0.15) is 4.90 Å². The van der Waals surface area contributed by atoms with Gasteiger partial charge in [-0.15, -0.1) is 0 Å². The zero-order chi connectivity index (χ0) is 12.8. The average Bonchev–Trinajstić information content (AvgIpc) is 3.11. The summed E-state index contributed by atoms with van der Waals surface area (Å²) in [6.45, 7) is 0.573. The first-order valence-corrected chi connectivity index (χ1v) is 7.61. The normalized spacial score (nSPS) is 25.3. The van der Waals surface area contributed by atoms with Crippen molar-refractivity contribution in [3.05, 3.63) is 23.2 Å². The van der Waals surface area contributed by atoms with Crippen molar-refractivity contribution >= 4 is 27.3 Å². The second-order valence-electron chi connectivity index (χ2n) is 4.56. The van der Waals surface area contributed by atoms with Gasteiger partial charge >= 0.3 is 0 Å². The lowest BCUT2D eigenvalue weighted by Gasteiger charge is -2.27. The lowest BCUT2D eigenvalue weighted by Crippen LogP contribution is -2.46. The van der Waals surface area contributed by atoms with Crippen LogP contribution in [-0.4, -0.2) is 21.4 Å². The highest BCUT2D eigenvalue weighted by atomic mass is 35.5. The second-order valence-corrected chi connectivity index (χ2v) is 6.68. The van der Waals surface area contributed by atoms with Crippen LogP contribution in [0.1, 0.15) is 12.8 Å². The summed E-state index contributed by atoms with van der Waals surface area (Å²) in [5.74, 6) is 0.572. The van der Waals surface area contributed by atoms with E-state index in [1.807, 2.05) is 0 Å². The molecule has 5 nitrogen and oxygen atoms in total. The Morgan fingerprint density at radius 1 is 1.39 bits per heavy atom. The molecule has 1 saturated carbocycles. The number of fused-ring (bicyclic) bond motifs is 1. The van der Waals surface area contributed by atoms with E-state index in [1.54, 1.807) is 12.1 Å². The fraction of sp³-hybridized carbons (Fsp3) is 0.455. The molecule has 2 aliphatic rings. The molecule has 0 saturated heterocycles. The molecule has 2 N–H and O–H groups in total. The largest absolute Gasteiger partial charge is 0.346 e. The average molecular weight is 289 g/mol. The van der Waals surface area contributed by atoms with Gasteiger partial charge in [0.15, 0.2) is 6.35 Å². The van der Waals surface area contributed by atoms with Gasteiger partial charge in [-0.3, -0.25) is 0 Å². The summed E-state index contributed by atoms with van der Waals surface area (Å²) < 4.78 is 31.9. The Morgan fingerprint density at radius 2 is 2.17 bits per heavy atom. The van der Waals surface area contributed by atoms with Gasteiger partial charge in [-0.2, -0.15) is 4.72 Å². The van der Waals surface area contributed by atoms with E-state index in [9.17, 15) is 8.42 Å². The van der Waals surface area contributed by atoms with E-state index >= 15 is 0 Å². The van der Waals surface area contributed by atoms with Crippen molar-refractivity contribution in [2.24, 2.45) is 5.92 Å². The van der Waals surface area contributed by atoms with Crippen LogP contribution in [0.15, 0.2) is 23.1 Å². The Morgan fingerprint density at radius 3 is 2.89 bits per heavy atom. The van der Waals surface area contributed by atoms with Crippen LogP contribution in [0.3, 0.4) is 0 Å². The number of sulfonamides is 1. The number of benzene rings is 1. The SMILES string of the molecule is O=S1(=O)NC(OCC2CC2)Nc2ccc(Cl)cc21. The number of nitrogens with one attached hydrogen (secondary N) is 2. The number of halogens is 1. The quantitative estimate of drug-likeness (QED) is 0.889. The van der Waals surface area contributed by atoms with Gasteiger partial charge in [0.05, 0.1) is 12.3 Å². The summed E-state index contributed by atoms with van der Waals surface area (Å²) in [7, 11) is -3.56. The summed E-state index contributed by atoms with van der Waals surface area (Å²) in [6.07, 6.45) is 1.61. The number of rotatable bonds is 3. The second kappa shape index (κ2) is 4.38. The molecule has 1 aromatic rings. The molecular weight excluding hydrogens is 276 g/mol. The van der Waals surface area contributed by atoms with Crippen molar-refractivity contribution in [3.63, 3.8) is 0 Å². The van der Waals surface area contributed by atoms with Crippen molar-refractivity contribution < 1.29 is 13.2 Å². The summed E-state index contributed by atoms with van der Waals surface area (Å²) >= 11 is 5.80. The number of ether oxygens (including phenoxy) is 1. The fourth-order valence-electron chi connectivity index (χ4n) is 1.81. The molecule has 1 atom stereocenters. The Bertz CT molecular complexity index is 572. The Hall–Kier alpha value is -0.820. The fourth-order valence-corrected chi connectivity index (χ4v) is 3.28. The Balaban J connectivity index is 1.83. The molecule has 7 heteroatoms. The molecule has 98 valence electrons. The van der Waals surface area contributed by atoms with Crippen LogP contribution >= 0.6 is 11.6 Å². The van der Waals surface area contributed by atoms with Gasteiger partial charge in [0.25, 0.3) is 0 Å². The monoisotopic (exact) mass is 288 g/mol. The molecule has 1 aromatic carbocycles. The van der Waals surface area contributed by atoms with Crippen molar-refractivity contribution in [3.8, 4) is 0 Å². The molecule has 1 fully saturated rings. The standard InChI is InChI=1S/C11H13ClN2O3S/c12-8-3-4-9-10(5-8)18(15,16)14-11(13-9)17-6-7-1-2-7/h3-5,7,11,13-14H,1-2,6H2.